The zero-order chi connectivity index (χ0) is 17.9. The Labute approximate surface area is 151 Å². The first kappa shape index (κ1) is 18.4. The first-order valence-electron chi connectivity index (χ1n) is 9.80. The molecule has 0 aromatic heterocycles. The molecule has 1 aromatic carbocycles. The first-order chi connectivity index (χ1) is 12.0. The quantitative estimate of drug-likeness (QED) is 0.878. The van der Waals surface area contributed by atoms with Crippen molar-refractivity contribution in [2.45, 2.75) is 63.8 Å². The number of piperidine rings is 1. The average molecular weight is 346 g/mol. The van der Waals surface area contributed by atoms with E-state index in [1.54, 1.807) is 12.1 Å². The number of hydrogen-bond acceptors (Lipinski definition) is 2. The summed E-state index contributed by atoms with van der Waals surface area (Å²) >= 11 is 0. The molecule has 1 aliphatic carbocycles. The SMILES string of the molecule is CC1CCN(C(C)CNC(=O)C2(c3cccc(F)c3)CCCC2)CC1. The molecule has 4 heteroatoms. The number of nitrogens with one attached hydrogen (secondary N) is 1. The lowest BCUT2D eigenvalue weighted by Gasteiger charge is -2.36. The fourth-order valence-corrected chi connectivity index (χ4v) is 4.42. The highest BCUT2D eigenvalue weighted by molar-refractivity contribution is 5.88. The van der Waals surface area contributed by atoms with Crippen LogP contribution in [0, 0.1) is 11.7 Å². The van der Waals surface area contributed by atoms with Crippen molar-refractivity contribution in [3.05, 3.63) is 35.6 Å². The van der Waals surface area contributed by atoms with Gasteiger partial charge in [0.25, 0.3) is 0 Å². The van der Waals surface area contributed by atoms with Gasteiger partial charge >= 0.3 is 0 Å². The van der Waals surface area contributed by atoms with E-state index in [-0.39, 0.29) is 11.7 Å². The molecule has 1 atom stereocenters. The van der Waals surface area contributed by atoms with Gasteiger partial charge in [0.1, 0.15) is 5.82 Å². The van der Waals surface area contributed by atoms with Crippen molar-refractivity contribution in [2.75, 3.05) is 19.6 Å². The molecular weight excluding hydrogens is 315 g/mol. The number of nitrogens with zero attached hydrogens (tertiary/aromatic N) is 1. The highest BCUT2D eigenvalue weighted by atomic mass is 19.1. The highest BCUT2D eigenvalue weighted by Gasteiger charge is 2.42. The summed E-state index contributed by atoms with van der Waals surface area (Å²) in [7, 11) is 0. The summed E-state index contributed by atoms with van der Waals surface area (Å²) in [5.74, 6) is 0.632. The van der Waals surface area contributed by atoms with Gasteiger partial charge in [-0.3, -0.25) is 9.69 Å². The van der Waals surface area contributed by atoms with Crippen LogP contribution in [0.4, 0.5) is 4.39 Å². The van der Waals surface area contributed by atoms with Crippen LogP contribution < -0.4 is 5.32 Å². The molecule has 1 saturated carbocycles. The van der Waals surface area contributed by atoms with Gasteiger partial charge in [0, 0.05) is 12.6 Å². The van der Waals surface area contributed by atoms with E-state index < -0.39 is 5.41 Å². The molecule has 3 rings (SSSR count). The number of likely N-dealkylation sites (tertiary alicyclic amines) is 1. The maximum atomic E-state index is 13.7. The summed E-state index contributed by atoms with van der Waals surface area (Å²) in [6.45, 7) is 7.41. The first-order valence-corrected chi connectivity index (χ1v) is 9.80. The minimum atomic E-state index is -0.543. The zero-order valence-electron chi connectivity index (χ0n) is 15.6. The molecule has 2 aliphatic rings. The van der Waals surface area contributed by atoms with Crippen molar-refractivity contribution in [1.29, 1.82) is 0 Å². The summed E-state index contributed by atoms with van der Waals surface area (Å²) in [4.78, 5) is 15.5. The van der Waals surface area contributed by atoms with E-state index in [0.29, 0.717) is 12.6 Å². The highest BCUT2D eigenvalue weighted by Crippen LogP contribution is 2.41. The number of hydrogen-bond donors (Lipinski definition) is 1. The number of rotatable bonds is 5. The molecule has 25 heavy (non-hydrogen) atoms. The molecule has 1 unspecified atom stereocenters. The van der Waals surface area contributed by atoms with Crippen LogP contribution in [0.2, 0.25) is 0 Å². The Balaban J connectivity index is 1.64. The summed E-state index contributed by atoms with van der Waals surface area (Å²) in [5, 5.41) is 3.19. The van der Waals surface area contributed by atoms with Crippen molar-refractivity contribution < 1.29 is 9.18 Å². The van der Waals surface area contributed by atoms with Crippen molar-refractivity contribution >= 4 is 5.91 Å². The smallest absolute Gasteiger partial charge is 0.230 e. The summed E-state index contributed by atoms with van der Waals surface area (Å²) < 4.78 is 13.7. The van der Waals surface area contributed by atoms with E-state index in [1.807, 2.05) is 6.07 Å². The van der Waals surface area contributed by atoms with Gasteiger partial charge in [0.05, 0.1) is 5.41 Å². The van der Waals surface area contributed by atoms with E-state index >= 15 is 0 Å². The molecule has 0 bridgehead atoms. The van der Waals surface area contributed by atoms with Gasteiger partial charge in [-0.15, -0.1) is 0 Å². The molecular formula is C21H31FN2O. The molecule has 0 radical (unpaired) electrons. The number of amides is 1. The number of carbonyl (C=O) groups excluding carboxylic acids is 1. The fraction of sp³-hybridized carbons (Fsp3) is 0.667. The lowest BCUT2D eigenvalue weighted by atomic mass is 9.78. The van der Waals surface area contributed by atoms with E-state index in [9.17, 15) is 9.18 Å². The fourth-order valence-electron chi connectivity index (χ4n) is 4.42. The van der Waals surface area contributed by atoms with Crippen LogP contribution in [0.1, 0.15) is 57.9 Å². The Hall–Kier alpha value is -1.42. The predicted octanol–water partition coefficient (Wildman–Crippen LogP) is 3.87. The van der Waals surface area contributed by atoms with Crippen molar-refractivity contribution in [3.8, 4) is 0 Å². The number of benzene rings is 1. The minimum absolute atomic E-state index is 0.0767. The van der Waals surface area contributed by atoms with Crippen molar-refractivity contribution in [2.24, 2.45) is 5.92 Å². The Morgan fingerprint density at radius 2 is 2.00 bits per heavy atom. The summed E-state index contributed by atoms with van der Waals surface area (Å²) in [5.41, 5.74) is 0.292. The lowest BCUT2D eigenvalue weighted by Crippen LogP contribution is -2.49. The van der Waals surface area contributed by atoms with Gasteiger partial charge in [0.2, 0.25) is 5.91 Å². The summed E-state index contributed by atoms with van der Waals surface area (Å²) in [6, 6.07) is 6.96. The molecule has 2 fully saturated rings. The van der Waals surface area contributed by atoms with Crippen molar-refractivity contribution in [1.82, 2.24) is 10.2 Å². The largest absolute Gasteiger partial charge is 0.354 e. The van der Waals surface area contributed by atoms with Gasteiger partial charge in [-0.25, -0.2) is 4.39 Å². The van der Waals surface area contributed by atoms with Crippen LogP contribution in [0.25, 0.3) is 0 Å². The molecule has 3 nitrogen and oxygen atoms in total. The van der Waals surface area contributed by atoms with Crippen LogP contribution in [0.15, 0.2) is 24.3 Å². The van der Waals surface area contributed by atoms with Crippen LogP contribution in [0.5, 0.6) is 0 Å². The van der Waals surface area contributed by atoms with Gasteiger partial charge < -0.3 is 5.32 Å². The lowest BCUT2D eigenvalue weighted by molar-refractivity contribution is -0.126. The van der Waals surface area contributed by atoms with Crippen LogP contribution in [0.3, 0.4) is 0 Å². The zero-order valence-corrected chi connectivity index (χ0v) is 15.6. The Bertz CT molecular complexity index is 589. The Morgan fingerprint density at radius 3 is 2.64 bits per heavy atom. The van der Waals surface area contributed by atoms with E-state index in [2.05, 4.69) is 24.1 Å². The van der Waals surface area contributed by atoms with Crippen molar-refractivity contribution in [3.63, 3.8) is 0 Å². The second-order valence-electron chi connectivity index (χ2n) is 8.08. The third-order valence-electron chi connectivity index (χ3n) is 6.27. The number of carbonyl (C=O) groups is 1. The minimum Gasteiger partial charge on any atom is -0.354 e. The third-order valence-corrected chi connectivity index (χ3v) is 6.27. The maximum absolute atomic E-state index is 13.7. The number of halogens is 1. The molecule has 138 valence electrons. The van der Waals surface area contributed by atoms with Gasteiger partial charge in [-0.2, -0.15) is 0 Å². The second kappa shape index (κ2) is 7.86. The molecule has 1 amide bonds. The van der Waals surface area contributed by atoms with Crippen LogP contribution >= 0.6 is 0 Å². The summed E-state index contributed by atoms with van der Waals surface area (Å²) in [6.07, 6.45) is 6.18. The molecule has 1 saturated heterocycles. The third kappa shape index (κ3) is 4.05. The van der Waals surface area contributed by atoms with Gasteiger partial charge in [-0.1, -0.05) is 31.9 Å². The van der Waals surface area contributed by atoms with Crippen LogP contribution in [-0.4, -0.2) is 36.5 Å². The second-order valence-corrected chi connectivity index (χ2v) is 8.08. The van der Waals surface area contributed by atoms with Gasteiger partial charge in [-0.05, 0) is 69.3 Å². The average Bonchev–Trinajstić information content (AvgIpc) is 3.11. The molecule has 1 heterocycles. The Kier molecular flexibility index (Phi) is 5.78. The molecule has 1 N–H and O–H groups in total. The Morgan fingerprint density at radius 1 is 1.32 bits per heavy atom. The monoisotopic (exact) mass is 346 g/mol. The van der Waals surface area contributed by atoms with E-state index in [1.165, 1.54) is 18.9 Å². The van der Waals surface area contributed by atoms with Gasteiger partial charge in [0.15, 0.2) is 0 Å². The standard InChI is InChI=1S/C21H31FN2O/c1-16-8-12-24(13-9-16)17(2)15-23-20(25)21(10-3-4-11-21)18-6-5-7-19(22)14-18/h5-7,14,16-17H,3-4,8-13,15H2,1-2H3,(H,23,25). The predicted molar refractivity (Wildman–Crippen MR) is 99.0 cm³/mol. The maximum Gasteiger partial charge on any atom is 0.230 e. The van der Waals surface area contributed by atoms with E-state index in [4.69, 9.17) is 0 Å². The molecule has 1 aliphatic heterocycles. The van der Waals surface area contributed by atoms with Crippen LogP contribution in [-0.2, 0) is 10.2 Å². The normalized spacial score (nSPS) is 22.7. The molecule has 1 aromatic rings. The topological polar surface area (TPSA) is 32.3 Å². The van der Waals surface area contributed by atoms with E-state index in [0.717, 1.165) is 50.3 Å². The molecule has 0 spiro atoms.